The summed E-state index contributed by atoms with van der Waals surface area (Å²) in [5, 5.41) is 0. The van der Waals surface area contributed by atoms with Gasteiger partial charge in [-0.2, -0.15) is 11.8 Å². The summed E-state index contributed by atoms with van der Waals surface area (Å²) < 4.78 is 0. The summed E-state index contributed by atoms with van der Waals surface area (Å²) in [5.41, 5.74) is 5.79. The number of likely N-dealkylation sites (N-methyl/N-ethyl adjacent to an activating group) is 1. The molecule has 0 aliphatic rings. The van der Waals surface area contributed by atoms with Gasteiger partial charge in [-0.3, -0.25) is 4.79 Å². The predicted octanol–water partition coefficient (Wildman–Crippen LogP) is 1.32. The number of hydrogen-bond donors (Lipinski definition) is 1. The second kappa shape index (κ2) is 7.12. The first kappa shape index (κ1) is 13.8. The molecular weight excluding hydrogens is 196 g/mol. The maximum atomic E-state index is 11.7. The smallest absolute Gasteiger partial charge is 0.239 e. The van der Waals surface area contributed by atoms with Gasteiger partial charge in [-0.1, -0.05) is 6.92 Å². The zero-order valence-corrected chi connectivity index (χ0v) is 10.4. The highest BCUT2D eigenvalue weighted by molar-refractivity contribution is 7.98. The van der Waals surface area contributed by atoms with Crippen LogP contribution in [0.1, 0.15) is 26.7 Å². The highest BCUT2D eigenvalue weighted by Crippen LogP contribution is 2.06. The second-order valence-corrected chi connectivity index (χ2v) is 4.58. The summed E-state index contributed by atoms with van der Waals surface area (Å²) in [6, 6.07) is -0.0516. The molecule has 0 aliphatic heterocycles. The predicted molar refractivity (Wildman–Crippen MR) is 63.5 cm³/mol. The van der Waals surface area contributed by atoms with Crippen LogP contribution in [0.15, 0.2) is 0 Å². The molecule has 0 fully saturated rings. The highest BCUT2D eigenvalue weighted by Gasteiger charge is 2.20. The summed E-state index contributed by atoms with van der Waals surface area (Å²) >= 11 is 1.72. The first-order valence-corrected chi connectivity index (χ1v) is 6.45. The van der Waals surface area contributed by atoms with Crippen molar-refractivity contribution >= 4 is 17.7 Å². The molecule has 0 heterocycles. The fourth-order valence-corrected chi connectivity index (χ4v) is 1.61. The Labute approximate surface area is 91.4 Å². The van der Waals surface area contributed by atoms with E-state index in [0.29, 0.717) is 0 Å². The molecule has 0 aliphatic carbocycles. The van der Waals surface area contributed by atoms with Crippen LogP contribution in [0.3, 0.4) is 0 Å². The number of nitrogens with two attached hydrogens (primary N) is 1. The lowest BCUT2D eigenvalue weighted by Crippen LogP contribution is -2.45. The number of rotatable bonds is 6. The van der Waals surface area contributed by atoms with Crippen molar-refractivity contribution < 1.29 is 4.79 Å². The summed E-state index contributed by atoms with van der Waals surface area (Å²) in [6.45, 7) is 4.11. The first-order valence-electron chi connectivity index (χ1n) is 5.05. The fourth-order valence-electron chi connectivity index (χ4n) is 1.12. The molecule has 0 rings (SSSR count). The van der Waals surface area contributed by atoms with Gasteiger partial charge in [0.2, 0.25) is 5.91 Å². The van der Waals surface area contributed by atoms with E-state index >= 15 is 0 Å². The number of amides is 1. The van der Waals surface area contributed by atoms with Crippen molar-refractivity contribution in [3.8, 4) is 0 Å². The van der Waals surface area contributed by atoms with Gasteiger partial charge < -0.3 is 10.6 Å². The fraction of sp³-hybridized carbons (Fsp3) is 0.900. The Kier molecular flexibility index (Phi) is 7.01. The molecule has 0 saturated carbocycles. The van der Waals surface area contributed by atoms with E-state index < -0.39 is 0 Å². The third-order valence-corrected chi connectivity index (χ3v) is 3.19. The summed E-state index contributed by atoms with van der Waals surface area (Å²) in [6.07, 6.45) is 3.76. The SMILES string of the molecule is CCC(C)N(C)C(=O)[C@@H](N)CCSC. The monoisotopic (exact) mass is 218 g/mol. The molecule has 0 radical (unpaired) electrons. The zero-order valence-electron chi connectivity index (χ0n) is 9.62. The quantitative estimate of drug-likeness (QED) is 0.731. The summed E-state index contributed by atoms with van der Waals surface area (Å²) in [5.74, 6) is 1.01. The van der Waals surface area contributed by atoms with Gasteiger partial charge in [0.1, 0.15) is 0 Å². The van der Waals surface area contributed by atoms with Crippen LogP contribution in [0.4, 0.5) is 0 Å². The molecule has 0 spiro atoms. The average molecular weight is 218 g/mol. The Morgan fingerprint density at radius 1 is 1.57 bits per heavy atom. The van der Waals surface area contributed by atoms with Crippen molar-refractivity contribution in [2.24, 2.45) is 5.73 Å². The van der Waals surface area contributed by atoms with Crippen LogP contribution in [0.5, 0.6) is 0 Å². The van der Waals surface area contributed by atoms with Crippen LogP contribution in [0.2, 0.25) is 0 Å². The van der Waals surface area contributed by atoms with Gasteiger partial charge in [0.15, 0.2) is 0 Å². The van der Waals surface area contributed by atoms with E-state index in [1.165, 1.54) is 0 Å². The highest BCUT2D eigenvalue weighted by atomic mass is 32.2. The number of carbonyl (C=O) groups is 1. The normalized spacial score (nSPS) is 14.9. The lowest BCUT2D eigenvalue weighted by atomic mass is 10.1. The van der Waals surface area contributed by atoms with E-state index in [4.69, 9.17) is 5.73 Å². The lowest BCUT2D eigenvalue weighted by Gasteiger charge is -2.26. The van der Waals surface area contributed by atoms with Crippen LogP contribution in [-0.2, 0) is 4.79 Å². The molecule has 84 valence electrons. The van der Waals surface area contributed by atoms with Crippen molar-refractivity contribution in [1.82, 2.24) is 4.90 Å². The van der Waals surface area contributed by atoms with E-state index in [2.05, 4.69) is 6.92 Å². The topological polar surface area (TPSA) is 46.3 Å². The second-order valence-electron chi connectivity index (χ2n) is 3.59. The van der Waals surface area contributed by atoms with Crippen LogP contribution >= 0.6 is 11.8 Å². The molecule has 1 unspecified atom stereocenters. The molecule has 4 heteroatoms. The summed E-state index contributed by atoms with van der Waals surface area (Å²) in [4.78, 5) is 13.5. The van der Waals surface area contributed by atoms with Gasteiger partial charge in [0, 0.05) is 13.1 Å². The zero-order chi connectivity index (χ0) is 11.1. The number of carbonyl (C=O) groups excluding carboxylic acids is 1. The minimum atomic E-state index is -0.332. The molecule has 0 aromatic carbocycles. The van der Waals surface area contributed by atoms with Crippen molar-refractivity contribution in [3.63, 3.8) is 0 Å². The van der Waals surface area contributed by atoms with Crippen LogP contribution in [0.25, 0.3) is 0 Å². The standard InChI is InChI=1S/C10H22N2OS/c1-5-8(2)12(3)10(13)9(11)6-7-14-4/h8-9H,5-7,11H2,1-4H3/t8?,9-/m0/s1. The molecule has 0 saturated heterocycles. The third kappa shape index (κ3) is 4.33. The van der Waals surface area contributed by atoms with Gasteiger partial charge in [0.05, 0.1) is 6.04 Å². The van der Waals surface area contributed by atoms with E-state index in [0.717, 1.165) is 18.6 Å². The Morgan fingerprint density at radius 2 is 2.14 bits per heavy atom. The summed E-state index contributed by atoms with van der Waals surface area (Å²) in [7, 11) is 1.83. The molecular formula is C10H22N2OS. The van der Waals surface area contributed by atoms with Gasteiger partial charge in [-0.15, -0.1) is 0 Å². The lowest BCUT2D eigenvalue weighted by molar-refractivity contribution is -0.133. The Hall–Kier alpha value is -0.220. The maximum Gasteiger partial charge on any atom is 0.239 e. The number of hydrogen-bond acceptors (Lipinski definition) is 3. The van der Waals surface area contributed by atoms with Crippen molar-refractivity contribution in [2.45, 2.75) is 38.8 Å². The molecule has 3 nitrogen and oxygen atoms in total. The minimum Gasteiger partial charge on any atom is -0.342 e. The Morgan fingerprint density at radius 3 is 2.57 bits per heavy atom. The van der Waals surface area contributed by atoms with Gasteiger partial charge >= 0.3 is 0 Å². The van der Waals surface area contributed by atoms with E-state index in [1.807, 2.05) is 20.2 Å². The number of nitrogens with zero attached hydrogens (tertiary/aromatic N) is 1. The maximum absolute atomic E-state index is 11.7. The molecule has 0 bridgehead atoms. The first-order chi connectivity index (χ1) is 6.54. The number of thioether (sulfide) groups is 1. The van der Waals surface area contributed by atoms with Gasteiger partial charge in [0.25, 0.3) is 0 Å². The van der Waals surface area contributed by atoms with Gasteiger partial charge in [-0.05, 0) is 31.8 Å². The molecule has 2 atom stereocenters. The Balaban J connectivity index is 4.03. The average Bonchev–Trinajstić information content (AvgIpc) is 2.22. The molecule has 14 heavy (non-hydrogen) atoms. The third-order valence-electron chi connectivity index (χ3n) is 2.55. The van der Waals surface area contributed by atoms with Crippen molar-refractivity contribution in [2.75, 3.05) is 19.1 Å². The molecule has 2 N–H and O–H groups in total. The molecule has 0 aromatic heterocycles. The van der Waals surface area contributed by atoms with E-state index in [1.54, 1.807) is 16.7 Å². The van der Waals surface area contributed by atoms with E-state index in [-0.39, 0.29) is 18.0 Å². The largest absolute Gasteiger partial charge is 0.342 e. The van der Waals surface area contributed by atoms with Crippen molar-refractivity contribution in [1.29, 1.82) is 0 Å². The molecule has 0 aromatic rings. The minimum absolute atomic E-state index is 0.0633. The van der Waals surface area contributed by atoms with Crippen LogP contribution in [0, 0.1) is 0 Å². The van der Waals surface area contributed by atoms with Gasteiger partial charge in [-0.25, -0.2) is 0 Å². The Bertz CT molecular complexity index is 176. The van der Waals surface area contributed by atoms with E-state index in [9.17, 15) is 4.79 Å². The molecule has 1 amide bonds. The van der Waals surface area contributed by atoms with Crippen LogP contribution in [-0.4, -0.2) is 41.9 Å². The van der Waals surface area contributed by atoms with Crippen molar-refractivity contribution in [3.05, 3.63) is 0 Å². The van der Waals surface area contributed by atoms with Crippen LogP contribution < -0.4 is 5.73 Å².